The van der Waals surface area contributed by atoms with E-state index >= 15 is 0 Å². The summed E-state index contributed by atoms with van der Waals surface area (Å²) in [6.07, 6.45) is 5.49. The first-order valence-electron chi connectivity index (χ1n) is 7.30. The van der Waals surface area contributed by atoms with Crippen LogP contribution in [0.5, 0.6) is 0 Å². The smallest absolute Gasteiger partial charge is 0.227 e. The number of aromatic amines is 1. The lowest BCUT2D eigenvalue weighted by molar-refractivity contribution is 0.530. The number of aromatic nitrogens is 5. The summed E-state index contributed by atoms with van der Waals surface area (Å²) in [6.45, 7) is 0. The summed E-state index contributed by atoms with van der Waals surface area (Å²) in [5.74, 6) is 1.80. The van der Waals surface area contributed by atoms with Crippen LogP contribution in [0.4, 0.5) is 0 Å². The quantitative estimate of drug-likeness (QED) is 0.613. The van der Waals surface area contributed by atoms with Gasteiger partial charge in [-0.25, -0.2) is 4.98 Å². The van der Waals surface area contributed by atoms with Gasteiger partial charge in [-0.15, -0.1) is 10.2 Å². The zero-order chi connectivity index (χ0) is 16.4. The molecule has 0 aliphatic carbocycles. The Kier molecular flexibility index (Phi) is 3.80. The second-order valence-electron chi connectivity index (χ2n) is 5.17. The van der Waals surface area contributed by atoms with E-state index in [0.717, 1.165) is 11.1 Å². The van der Waals surface area contributed by atoms with Crippen LogP contribution >= 0.6 is 11.6 Å². The van der Waals surface area contributed by atoms with Crippen molar-refractivity contribution in [3.63, 3.8) is 0 Å². The van der Waals surface area contributed by atoms with Gasteiger partial charge in [-0.1, -0.05) is 23.7 Å². The van der Waals surface area contributed by atoms with Gasteiger partial charge in [-0.2, -0.15) is 0 Å². The fraction of sp³-hybridized carbons (Fsp3) is 0.0588. The van der Waals surface area contributed by atoms with Crippen molar-refractivity contribution in [3.05, 3.63) is 71.5 Å². The molecule has 0 bridgehead atoms. The first kappa shape index (κ1) is 14.6. The number of hydrogen-bond acceptors (Lipinski definition) is 5. The van der Waals surface area contributed by atoms with Gasteiger partial charge in [0.15, 0.2) is 11.5 Å². The third kappa shape index (κ3) is 2.91. The first-order valence-corrected chi connectivity index (χ1v) is 7.68. The van der Waals surface area contributed by atoms with Gasteiger partial charge in [0.05, 0.1) is 0 Å². The molecule has 0 spiro atoms. The van der Waals surface area contributed by atoms with Crippen LogP contribution in [0.25, 0.3) is 23.0 Å². The molecule has 0 atom stereocenters. The number of nitrogens with zero attached hydrogens (tertiary/aromatic N) is 4. The summed E-state index contributed by atoms with van der Waals surface area (Å²) >= 11 is 5.95. The third-order valence-corrected chi connectivity index (χ3v) is 3.80. The molecule has 0 unspecified atom stereocenters. The van der Waals surface area contributed by atoms with Crippen LogP contribution in [-0.2, 0) is 6.42 Å². The predicted octanol–water partition coefficient (Wildman–Crippen LogP) is 3.77. The maximum Gasteiger partial charge on any atom is 0.227 e. The van der Waals surface area contributed by atoms with Crippen molar-refractivity contribution in [3.8, 4) is 23.0 Å². The van der Waals surface area contributed by atoms with Crippen LogP contribution in [0.3, 0.4) is 0 Å². The Labute approximate surface area is 142 Å². The van der Waals surface area contributed by atoms with Gasteiger partial charge in [-0.3, -0.25) is 4.98 Å². The van der Waals surface area contributed by atoms with Crippen molar-refractivity contribution in [1.29, 1.82) is 0 Å². The molecular formula is C17H12ClN5O. The summed E-state index contributed by atoms with van der Waals surface area (Å²) in [5, 5.41) is 8.57. The number of H-pyrrole nitrogens is 1. The molecule has 4 aromatic rings. The average Bonchev–Trinajstić information content (AvgIpc) is 3.27. The van der Waals surface area contributed by atoms with E-state index in [9.17, 15) is 0 Å². The van der Waals surface area contributed by atoms with E-state index < -0.39 is 0 Å². The lowest BCUT2D eigenvalue weighted by Crippen LogP contribution is -1.91. The molecule has 4 rings (SSSR count). The maximum absolute atomic E-state index is 6.00. The SMILES string of the molecule is Clc1ccc(Cc2oc(-c3ccncc3)nc2-c2nnc[nH]2)cc1. The Morgan fingerprint density at radius 3 is 2.54 bits per heavy atom. The normalized spacial score (nSPS) is 10.9. The Hall–Kier alpha value is -2.99. The number of halogens is 1. The van der Waals surface area contributed by atoms with E-state index in [1.165, 1.54) is 6.33 Å². The van der Waals surface area contributed by atoms with E-state index in [1.54, 1.807) is 12.4 Å². The molecule has 0 saturated heterocycles. The number of benzene rings is 1. The number of hydrogen-bond donors (Lipinski definition) is 1. The molecule has 3 heterocycles. The van der Waals surface area contributed by atoms with E-state index in [4.69, 9.17) is 16.0 Å². The Bertz CT molecular complexity index is 933. The molecule has 0 saturated carbocycles. The summed E-state index contributed by atoms with van der Waals surface area (Å²) in [4.78, 5) is 11.6. The highest BCUT2D eigenvalue weighted by molar-refractivity contribution is 6.30. The third-order valence-electron chi connectivity index (χ3n) is 3.54. The molecule has 6 nitrogen and oxygen atoms in total. The Morgan fingerprint density at radius 2 is 1.83 bits per heavy atom. The van der Waals surface area contributed by atoms with Crippen LogP contribution in [0.2, 0.25) is 5.02 Å². The van der Waals surface area contributed by atoms with E-state index in [2.05, 4.69) is 25.1 Å². The minimum Gasteiger partial charge on any atom is -0.440 e. The molecule has 0 aliphatic heterocycles. The minimum atomic E-state index is 0.521. The van der Waals surface area contributed by atoms with Crippen molar-refractivity contribution in [1.82, 2.24) is 25.1 Å². The topological polar surface area (TPSA) is 80.5 Å². The molecule has 3 aromatic heterocycles. The van der Waals surface area contributed by atoms with Gasteiger partial charge >= 0.3 is 0 Å². The van der Waals surface area contributed by atoms with Crippen molar-refractivity contribution in [2.24, 2.45) is 0 Å². The molecule has 0 fully saturated rings. The number of oxazole rings is 1. The zero-order valence-electron chi connectivity index (χ0n) is 12.5. The van der Waals surface area contributed by atoms with Crippen molar-refractivity contribution >= 4 is 11.6 Å². The minimum absolute atomic E-state index is 0.521. The second kappa shape index (κ2) is 6.25. The van der Waals surface area contributed by atoms with Gasteiger partial charge in [-0.05, 0) is 29.8 Å². The van der Waals surface area contributed by atoms with Crippen LogP contribution < -0.4 is 0 Å². The molecule has 0 aliphatic rings. The number of rotatable bonds is 4. The molecule has 118 valence electrons. The zero-order valence-corrected chi connectivity index (χ0v) is 13.2. The van der Waals surface area contributed by atoms with Crippen LogP contribution in [-0.4, -0.2) is 25.1 Å². The first-order chi connectivity index (χ1) is 11.8. The number of pyridine rings is 1. The van der Waals surface area contributed by atoms with Crippen LogP contribution in [0.1, 0.15) is 11.3 Å². The van der Waals surface area contributed by atoms with Gasteiger partial charge in [0.1, 0.15) is 12.1 Å². The number of nitrogens with one attached hydrogen (secondary N) is 1. The Balaban J connectivity index is 1.76. The van der Waals surface area contributed by atoms with Crippen molar-refractivity contribution < 1.29 is 4.42 Å². The van der Waals surface area contributed by atoms with Gasteiger partial charge in [0.2, 0.25) is 5.89 Å². The summed E-state index contributed by atoms with van der Waals surface area (Å²) < 4.78 is 6.00. The van der Waals surface area contributed by atoms with Gasteiger partial charge < -0.3 is 9.40 Å². The maximum atomic E-state index is 6.00. The molecule has 24 heavy (non-hydrogen) atoms. The highest BCUT2D eigenvalue weighted by atomic mass is 35.5. The lowest BCUT2D eigenvalue weighted by Gasteiger charge is -2.00. The second-order valence-corrected chi connectivity index (χ2v) is 5.60. The van der Waals surface area contributed by atoms with Gasteiger partial charge in [0, 0.05) is 29.4 Å². The summed E-state index contributed by atoms with van der Waals surface area (Å²) in [6, 6.07) is 11.3. The highest BCUT2D eigenvalue weighted by Gasteiger charge is 2.18. The molecule has 0 radical (unpaired) electrons. The van der Waals surface area contributed by atoms with E-state index in [-0.39, 0.29) is 0 Å². The molecule has 0 amide bonds. The fourth-order valence-corrected chi connectivity index (χ4v) is 2.51. The highest BCUT2D eigenvalue weighted by Crippen LogP contribution is 2.28. The molecule has 1 N–H and O–H groups in total. The van der Waals surface area contributed by atoms with Gasteiger partial charge in [0.25, 0.3) is 0 Å². The standard InChI is InChI=1S/C17H12ClN5O/c18-13-3-1-11(2-4-13)9-14-15(16-20-10-21-23-16)22-17(24-14)12-5-7-19-8-6-12/h1-8,10H,9H2,(H,20,21,23). The largest absolute Gasteiger partial charge is 0.440 e. The fourth-order valence-electron chi connectivity index (χ4n) is 2.38. The lowest BCUT2D eigenvalue weighted by atomic mass is 10.1. The van der Waals surface area contributed by atoms with E-state index in [1.807, 2.05) is 36.4 Å². The average molecular weight is 338 g/mol. The Morgan fingerprint density at radius 1 is 1.04 bits per heavy atom. The molecular weight excluding hydrogens is 326 g/mol. The monoisotopic (exact) mass is 337 g/mol. The van der Waals surface area contributed by atoms with Crippen LogP contribution in [0, 0.1) is 0 Å². The predicted molar refractivity (Wildman–Crippen MR) is 89.4 cm³/mol. The molecule has 7 heteroatoms. The van der Waals surface area contributed by atoms with Crippen LogP contribution in [0.15, 0.2) is 59.5 Å². The molecule has 1 aromatic carbocycles. The summed E-state index contributed by atoms with van der Waals surface area (Å²) in [7, 11) is 0. The summed E-state index contributed by atoms with van der Waals surface area (Å²) in [5.41, 5.74) is 2.57. The van der Waals surface area contributed by atoms with E-state index in [0.29, 0.717) is 34.6 Å². The van der Waals surface area contributed by atoms with Crippen molar-refractivity contribution in [2.75, 3.05) is 0 Å². The van der Waals surface area contributed by atoms with Crippen molar-refractivity contribution in [2.45, 2.75) is 6.42 Å².